The molecule has 0 spiro atoms. The van der Waals surface area contributed by atoms with Crippen LogP contribution in [0.25, 0.3) is 5.57 Å². The largest absolute Gasteiger partial charge is 0.214 e. The molecule has 6 aliphatic rings. The third-order valence-electron chi connectivity index (χ3n) is 15.9. The Hall–Kier alpha value is -1.01. The molecule has 0 heterocycles. The van der Waals surface area contributed by atoms with E-state index in [0.717, 1.165) is 18.3 Å². The molecule has 284 valence electrons. The predicted molar refractivity (Wildman–Crippen MR) is 214 cm³/mol. The van der Waals surface area contributed by atoms with Crippen LogP contribution in [0.1, 0.15) is 156 Å². The van der Waals surface area contributed by atoms with Crippen molar-refractivity contribution in [2.75, 3.05) is 0 Å². The molecule has 8 rings (SSSR count). The van der Waals surface area contributed by atoms with Crippen molar-refractivity contribution >= 4 is 8.78 Å². The molecular formula is C49H68Cl2Zr-2. The molecule has 0 bridgehead atoms. The summed E-state index contributed by atoms with van der Waals surface area (Å²) in [6.07, 6.45) is 26.7. The third-order valence-corrected chi connectivity index (χ3v) is 16.9. The number of fused-ring (bicyclic) bond motifs is 6. The molecule has 3 saturated carbocycles. The van der Waals surface area contributed by atoms with Crippen LogP contribution in [-0.2, 0) is 30.7 Å². The number of rotatable bonds is 4. The van der Waals surface area contributed by atoms with Gasteiger partial charge in [0.05, 0.1) is 0 Å². The van der Waals surface area contributed by atoms with Crippen molar-refractivity contribution in [3.05, 3.63) is 101 Å². The van der Waals surface area contributed by atoms with E-state index in [4.69, 9.17) is 0 Å². The Morgan fingerprint density at radius 1 is 0.750 bits per heavy atom. The summed E-state index contributed by atoms with van der Waals surface area (Å²) in [5.41, 5.74) is 10.3. The molecule has 0 N–H and O–H groups in total. The van der Waals surface area contributed by atoms with Gasteiger partial charge in [-0.15, -0.1) is 6.92 Å². The summed E-state index contributed by atoms with van der Waals surface area (Å²) in [5, 5.41) is 0. The zero-order valence-corrected chi connectivity index (χ0v) is 37.9. The van der Waals surface area contributed by atoms with Crippen LogP contribution in [0, 0.1) is 45.3 Å². The molecule has 2 aromatic rings. The minimum absolute atomic E-state index is 0. The van der Waals surface area contributed by atoms with E-state index in [-0.39, 0.29) is 46.5 Å². The van der Waals surface area contributed by atoms with Gasteiger partial charge in [0.2, 0.25) is 0 Å². The van der Waals surface area contributed by atoms with E-state index in [0.29, 0.717) is 5.92 Å². The number of benzene rings is 1. The average molecular weight is 819 g/mol. The minimum Gasteiger partial charge on any atom is -0.214 e. The maximum Gasteiger partial charge on any atom is -0.172 e. The van der Waals surface area contributed by atoms with Crippen molar-refractivity contribution in [1.29, 1.82) is 0 Å². The summed E-state index contributed by atoms with van der Waals surface area (Å²) in [4.78, 5) is 0. The molecule has 0 aromatic heterocycles. The van der Waals surface area contributed by atoms with Crippen LogP contribution in [0.5, 0.6) is 0 Å². The van der Waals surface area contributed by atoms with Gasteiger partial charge < -0.3 is 24.8 Å². The van der Waals surface area contributed by atoms with Crippen molar-refractivity contribution < 1.29 is 49.0 Å². The molecular weight excluding hydrogens is 751 g/mol. The number of halogens is 2. The Kier molecular flexibility index (Phi) is 15.0. The van der Waals surface area contributed by atoms with Crippen LogP contribution in [0.15, 0.2) is 83.5 Å². The van der Waals surface area contributed by atoms with Crippen LogP contribution in [-0.4, -0.2) is 3.21 Å². The first-order valence-corrected chi connectivity index (χ1v) is 21.9. The van der Waals surface area contributed by atoms with E-state index in [2.05, 4.69) is 91.8 Å². The van der Waals surface area contributed by atoms with E-state index < -0.39 is 0 Å². The van der Waals surface area contributed by atoms with Crippen molar-refractivity contribution in [2.45, 2.75) is 152 Å². The summed E-state index contributed by atoms with van der Waals surface area (Å²) < 4.78 is 1.91. The molecule has 2 aromatic carbocycles. The Morgan fingerprint density at radius 2 is 1.31 bits per heavy atom. The number of allylic oxidation sites excluding steroid dienone is 6. The summed E-state index contributed by atoms with van der Waals surface area (Å²) in [6, 6.07) is 19.2. The fraction of sp³-hybridized carbons (Fsp3) is 0.612. The fourth-order valence-corrected chi connectivity index (χ4v) is 12.9. The maximum atomic E-state index is 2.62. The van der Waals surface area contributed by atoms with Crippen LogP contribution < -0.4 is 24.8 Å². The van der Waals surface area contributed by atoms with Gasteiger partial charge in [0.1, 0.15) is 0 Å². The van der Waals surface area contributed by atoms with Gasteiger partial charge in [-0.3, -0.25) is 0 Å². The maximum absolute atomic E-state index is 2.62. The molecule has 0 aliphatic heterocycles. The smallest absolute Gasteiger partial charge is 0.172 e. The van der Waals surface area contributed by atoms with Crippen molar-refractivity contribution in [3.63, 3.8) is 0 Å². The zero-order valence-electron chi connectivity index (χ0n) is 33.9. The van der Waals surface area contributed by atoms with Gasteiger partial charge in [0.25, 0.3) is 0 Å². The van der Waals surface area contributed by atoms with Crippen LogP contribution >= 0.6 is 0 Å². The van der Waals surface area contributed by atoms with Gasteiger partial charge in [0, 0.05) is 0 Å². The van der Waals surface area contributed by atoms with Gasteiger partial charge in [-0.05, 0) is 40.6 Å². The van der Waals surface area contributed by atoms with Gasteiger partial charge in [-0.2, -0.15) is 29.3 Å². The van der Waals surface area contributed by atoms with E-state index in [9.17, 15) is 0 Å². The summed E-state index contributed by atoms with van der Waals surface area (Å²) in [5.74, 6) is 4.39. The second kappa shape index (κ2) is 17.8. The van der Waals surface area contributed by atoms with E-state index in [1.807, 2.05) is 33.5 Å². The molecule has 3 heteroatoms. The molecule has 0 amide bonds. The fourth-order valence-electron chi connectivity index (χ4n) is 11.5. The summed E-state index contributed by atoms with van der Waals surface area (Å²) in [7, 11) is 0. The minimum atomic E-state index is 0. The van der Waals surface area contributed by atoms with Crippen molar-refractivity contribution in [3.8, 4) is 0 Å². The Bertz CT molecular complexity index is 1530. The molecule has 0 radical (unpaired) electrons. The second-order valence-corrected chi connectivity index (χ2v) is 20.5. The Labute approximate surface area is 347 Å². The first-order chi connectivity index (χ1) is 23.8. The van der Waals surface area contributed by atoms with Crippen molar-refractivity contribution in [1.82, 2.24) is 0 Å². The van der Waals surface area contributed by atoms with Gasteiger partial charge in [-0.1, -0.05) is 113 Å². The first kappa shape index (κ1) is 43.7. The number of hydrogen-bond donors (Lipinski definition) is 0. The van der Waals surface area contributed by atoms with E-state index >= 15 is 0 Å². The zero-order chi connectivity index (χ0) is 35.7. The van der Waals surface area contributed by atoms with Crippen LogP contribution in [0.2, 0.25) is 0 Å². The van der Waals surface area contributed by atoms with Gasteiger partial charge >= 0.3 is 116 Å². The molecule has 2 atom stereocenters. The standard InChI is InChI=1S/C29H37.C15H26.C5H5.2ClH.Zr/c1-18-25-22-17-19-13-9-10-14-20(19)24(22)21-15-11-12-16-23(21)29(25,8)28(6,7)27(4,5)26(18,2)3;1-3-8-14(9-4-1)12-7-13-15-10-5-2-6-11-15;1-2-4-5-3-1;;;/h9-11,13-15,23H,12,16-17H2,1-8H3;14-15H,1-6,8-13H2;1-5H;2*1H;/q-1;;-1;;;+2/p-2. The average Bonchev–Trinajstić information content (AvgIpc) is 3.81. The molecule has 2 unspecified atom stereocenters. The normalized spacial score (nSPS) is 26.9. The SMILES string of the molecule is C[C-]1C2=C3Cc4ccccc4C3=C3C=CCCC3C2(C)C(C)(C)C(C)(C)C1(C)C.[Cl-].[Cl-].[Zr+2]=[C](CC1CCCCC1)CC1CCCCC1.c1cc[cH-]c1. The molecule has 0 saturated heterocycles. The van der Waals surface area contributed by atoms with Gasteiger partial charge in [-0.25, -0.2) is 18.1 Å². The summed E-state index contributed by atoms with van der Waals surface area (Å²) in [6.45, 7) is 20.3. The monoisotopic (exact) mass is 816 g/mol. The Balaban J connectivity index is 0.000000221. The van der Waals surface area contributed by atoms with Crippen LogP contribution in [0.4, 0.5) is 0 Å². The molecule has 3 fully saturated rings. The Morgan fingerprint density at radius 3 is 1.85 bits per heavy atom. The van der Waals surface area contributed by atoms with Crippen LogP contribution in [0.3, 0.4) is 0 Å². The van der Waals surface area contributed by atoms with Crippen molar-refractivity contribution in [2.24, 2.45) is 39.4 Å². The predicted octanol–water partition coefficient (Wildman–Crippen LogP) is 8.03. The molecule has 0 nitrogen and oxygen atoms in total. The molecule has 52 heavy (non-hydrogen) atoms. The molecule has 6 aliphatic carbocycles. The third kappa shape index (κ3) is 7.97. The quantitative estimate of drug-likeness (QED) is 0.275. The topological polar surface area (TPSA) is 0 Å². The number of hydrogen-bond acceptors (Lipinski definition) is 0. The summed E-state index contributed by atoms with van der Waals surface area (Å²) >= 11 is 1.75. The van der Waals surface area contributed by atoms with Gasteiger partial charge in [0.15, 0.2) is 0 Å². The first-order valence-electron chi connectivity index (χ1n) is 20.6. The van der Waals surface area contributed by atoms with E-state index in [1.165, 1.54) is 101 Å². The van der Waals surface area contributed by atoms with E-state index in [1.54, 1.807) is 52.4 Å². The second-order valence-electron chi connectivity index (χ2n) is 18.7.